The number of halogens is 1. The number of hydrogen-bond donors (Lipinski definition) is 4. The maximum atomic E-state index is 13.0. The molecule has 34 heavy (non-hydrogen) atoms. The van der Waals surface area contributed by atoms with Gasteiger partial charge in [0.15, 0.2) is 0 Å². The Morgan fingerprint density at radius 2 is 2.00 bits per heavy atom. The fraction of sp³-hybridized carbons (Fsp3) is 0.348. The van der Waals surface area contributed by atoms with Gasteiger partial charge in [-0.25, -0.2) is 15.0 Å². The van der Waals surface area contributed by atoms with E-state index in [0.29, 0.717) is 34.7 Å². The van der Waals surface area contributed by atoms with E-state index in [1.807, 2.05) is 11.0 Å². The first kappa shape index (κ1) is 23.8. The lowest BCUT2D eigenvalue weighted by atomic mass is 10.1. The van der Waals surface area contributed by atoms with Crippen molar-refractivity contribution in [1.29, 1.82) is 0 Å². The van der Waals surface area contributed by atoms with Gasteiger partial charge in [0.1, 0.15) is 17.2 Å². The normalized spacial score (nSPS) is 15.4. The highest BCUT2D eigenvalue weighted by Gasteiger charge is 2.27. The van der Waals surface area contributed by atoms with Gasteiger partial charge >= 0.3 is 0 Å². The second-order valence-electron chi connectivity index (χ2n) is 7.89. The molecular formula is C23H26ClN7O3. The molecule has 0 unspecified atom stereocenters. The summed E-state index contributed by atoms with van der Waals surface area (Å²) >= 11 is 6.22. The van der Waals surface area contributed by atoms with Crippen LogP contribution in [0.5, 0.6) is 0 Å². The molecule has 0 saturated carbocycles. The molecule has 1 saturated heterocycles. The minimum absolute atomic E-state index is 0.0150. The van der Waals surface area contributed by atoms with Crippen molar-refractivity contribution in [2.24, 2.45) is 0 Å². The first-order valence-corrected chi connectivity index (χ1v) is 11.4. The molecule has 0 bridgehead atoms. The molecule has 1 aliphatic heterocycles. The monoisotopic (exact) mass is 483 g/mol. The predicted molar refractivity (Wildman–Crippen MR) is 127 cm³/mol. The second kappa shape index (κ2) is 11.2. The van der Waals surface area contributed by atoms with Crippen molar-refractivity contribution in [3.8, 4) is 0 Å². The first-order chi connectivity index (χ1) is 16.6. The lowest BCUT2D eigenvalue weighted by Gasteiger charge is -2.24. The standard InChI is InChI=1S/C23H26ClN7O3/c24-19-9-15(4-5-16(19)13-32)10-27-21-18(22(34)28-12-20-25-6-2-7-26-20)11-29-23(30-21)31-8-1-3-17(31)14-33/h2,4-7,9,11,17,32-33H,1,3,8,10,12-14H2,(H,28,34)(H,27,29,30)/t17-/m0/s1. The quantitative estimate of drug-likeness (QED) is 0.359. The van der Waals surface area contributed by atoms with Crippen LogP contribution in [0.1, 0.15) is 40.2 Å². The summed E-state index contributed by atoms with van der Waals surface area (Å²) in [6.07, 6.45) is 6.50. The number of aliphatic hydroxyl groups excluding tert-OH is 2. The smallest absolute Gasteiger partial charge is 0.256 e. The summed E-state index contributed by atoms with van der Waals surface area (Å²) in [5.74, 6) is 0.942. The molecule has 0 aliphatic carbocycles. The van der Waals surface area contributed by atoms with Gasteiger partial charge in [-0.1, -0.05) is 23.7 Å². The van der Waals surface area contributed by atoms with Crippen LogP contribution >= 0.6 is 11.6 Å². The van der Waals surface area contributed by atoms with Crippen LogP contribution in [-0.4, -0.2) is 55.2 Å². The maximum Gasteiger partial charge on any atom is 0.256 e. The van der Waals surface area contributed by atoms with E-state index < -0.39 is 0 Å². The summed E-state index contributed by atoms with van der Waals surface area (Å²) in [6, 6.07) is 7.02. The number of carbonyl (C=O) groups excluding carboxylic acids is 1. The Labute approximate surface area is 202 Å². The van der Waals surface area contributed by atoms with Crippen LogP contribution < -0.4 is 15.5 Å². The molecule has 4 N–H and O–H groups in total. The van der Waals surface area contributed by atoms with Crippen molar-refractivity contribution in [1.82, 2.24) is 25.3 Å². The highest BCUT2D eigenvalue weighted by molar-refractivity contribution is 6.31. The van der Waals surface area contributed by atoms with Crippen molar-refractivity contribution in [3.63, 3.8) is 0 Å². The molecule has 1 aromatic carbocycles. The average molecular weight is 484 g/mol. The van der Waals surface area contributed by atoms with Gasteiger partial charge in [0.25, 0.3) is 5.91 Å². The fourth-order valence-corrected chi connectivity index (χ4v) is 4.05. The molecule has 3 heterocycles. The molecule has 0 spiro atoms. The van der Waals surface area contributed by atoms with Crippen LogP contribution in [-0.2, 0) is 19.7 Å². The molecule has 4 rings (SSSR count). The van der Waals surface area contributed by atoms with Crippen molar-refractivity contribution >= 4 is 29.3 Å². The SMILES string of the molecule is O=C(NCc1ncccn1)c1cnc(N2CCC[C@H]2CO)nc1NCc1ccc(CO)c(Cl)c1. The van der Waals surface area contributed by atoms with Crippen molar-refractivity contribution in [2.75, 3.05) is 23.4 Å². The van der Waals surface area contributed by atoms with Crippen LogP contribution in [0.2, 0.25) is 5.02 Å². The Balaban J connectivity index is 1.56. The van der Waals surface area contributed by atoms with Gasteiger partial charge in [-0.3, -0.25) is 4.79 Å². The number of rotatable bonds is 9. The Morgan fingerprint density at radius 3 is 2.74 bits per heavy atom. The van der Waals surface area contributed by atoms with E-state index in [1.165, 1.54) is 6.20 Å². The van der Waals surface area contributed by atoms with Gasteiger partial charge in [-0.05, 0) is 36.1 Å². The van der Waals surface area contributed by atoms with Gasteiger partial charge in [-0.15, -0.1) is 0 Å². The lowest BCUT2D eigenvalue weighted by molar-refractivity contribution is 0.0950. The van der Waals surface area contributed by atoms with E-state index in [-0.39, 0.29) is 37.3 Å². The van der Waals surface area contributed by atoms with Gasteiger partial charge < -0.3 is 25.7 Å². The Kier molecular flexibility index (Phi) is 7.84. The summed E-state index contributed by atoms with van der Waals surface area (Å²) in [4.78, 5) is 32.2. The van der Waals surface area contributed by atoms with E-state index in [1.54, 1.807) is 30.6 Å². The number of hydrogen-bond acceptors (Lipinski definition) is 9. The summed E-state index contributed by atoms with van der Waals surface area (Å²) < 4.78 is 0. The number of nitrogens with zero attached hydrogens (tertiary/aromatic N) is 5. The van der Waals surface area contributed by atoms with Crippen LogP contribution in [0.3, 0.4) is 0 Å². The predicted octanol–water partition coefficient (Wildman–Crippen LogP) is 1.92. The largest absolute Gasteiger partial charge is 0.394 e. The third-order valence-corrected chi connectivity index (χ3v) is 5.99. The zero-order chi connectivity index (χ0) is 23.9. The molecule has 2 aromatic heterocycles. The molecule has 1 atom stereocenters. The minimum atomic E-state index is -0.365. The third-order valence-electron chi connectivity index (χ3n) is 5.64. The molecule has 3 aromatic rings. The molecule has 1 fully saturated rings. The Morgan fingerprint density at radius 1 is 1.18 bits per heavy atom. The first-order valence-electron chi connectivity index (χ1n) is 11.0. The fourth-order valence-electron chi connectivity index (χ4n) is 3.79. The molecule has 1 aliphatic rings. The molecule has 178 valence electrons. The van der Waals surface area contributed by atoms with E-state index >= 15 is 0 Å². The summed E-state index contributed by atoms with van der Waals surface area (Å²) in [5.41, 5.74) is 1.78. The molecule has 0 radical (unpaired) electrons. The number of nitrogens with one attached hydrogen (secondary N) is 2. The van der Waals surface area contributed by atoms with Crippen LogP contribution in [0.4, 0.5) is 11.8 Å². The Bertz CT molecular complexity index is 1130. The zero-order valence-corrected chi connectivity index (χ0v) is 19.2. The summed E-state index contributed by atoms with van der Waals surface area (Å²) in [7, 11) is 0. The Hall–Kier alpha value is -3.34. The molecule has 11 heteroatoms. The maximum absolute atomic E-state index is 13.0. The zero-order valence-electron chi connectivity index (χ0n) is 18.5. The number of benzene rings is 1. The van der Waals surface area contributed by atoms with Gasteiger partial charge in [0, 0.05) is 36.7 Å². The summed E-state index contributed by atoms with van der Waals surface area (Å²) in [6.45, 7) is 1.13. The second-order valence-corrected chi connectivity index (χ2v) is 8.30. The summed E-state index contributed by atoms with van der Waals surface area (Å²) in [5, 5.41) is 25.5. The third kappa shape index (κ3) is 5.58. The van der Waals surface area contributed by atoms with E-state index in [4.69, 9.17) is 11.6 Å². The number of aromatic nitrogens is 4. The number of aliphatic hydroxyl groups is 2. The van der Waals surface area contributed by atoms with E-state index in [2.05, 4.69) is 30.6 Å². The lowest BCUT2D eigenvalue weighted by Crippen LogP contribution is -2.34. The number of anilines is 2. The van der Waals surface area contributed by atoms with E-state index in [9.17, 15) is 15.0 Å². The topological polar surface area (TPSA) is 136 Å². The van der Waals surface area contributed by atoms with Crippen molar-refractivity contribution in [2.45, 2.75) is 38.6 Å². The minimum Gasteiger partial charge on any atom is -0.394 e. The highest BCUT2D eigenvalue weighted by Crippen LogP contribution is 2.25. The van der Waals surface area contributed by atoms with Gasteiger partial charge in [-0.2, -0.15) is 4.98 Å². The van der Waals surface area contributed by atoms with Crippen molar-refractivity contribution < 1.29 is 15.0 Å². The van der Waals surface area contributed by atoms with Crippen LogP contribution in [0.25, 0.3) is 0 Å². The van der Waals surface area contributed by atoms with Crippen LogP contribution in [0, 0.1) is 0 Å². The van der Waals surface area contributed by atoms with E-state index in [0.717, 1.165) is 24.9 Å². The van der Waals surface area contributed by atoms with Crippen LogP contribution in [0.15, 0.2) is 42.9 Å². The molecule has 1 amide bonds. The van der Waals surface area contributed by atoms with Crippen molar-refractivity contribution in [3.05, 3.63) is 70.4 Å². The number of amides is 1. The molecular weight excluding hydrogens is 458 g/mol. The van der Waals surface area contributed by atoms with Gasteiger partial charge in [0.2, 0.25) is 5.95 Å². The highest BCUT2D eigenvalue weighted by atomic mass is 35.5. The average Bonchev–Trinajstić information content (AvgIpc) is 3.35. The van der Waals surface area contributed by atoms with Gasteiger partial charge in [0.05, 0.1) is 25.8 Å². The number of carbonyl (C=O) groups is 1. The molecule has 10 nitrogen and oxygen atoms in total.